The van der Waals surface area contributed by atoms with Crippen molar-refractivity contribution in [3.63, 3.8) is 0 Å². The van der Waals surface area contributed by atoms with Gasteiger partial charge in [0.25, 0.3) is 5.91 Å². The maximum absolute atomic E-state index is 14.0. The Bertz CT molecular complexity index is 1100. The zero-order chi connectivity index (χ0) is 21.0. The Morgan fingerprint density at radius 1 is 1.07 bits per heavy atom. The van der Waals surface area contributed by atoms with Gasteiger partial charge in [0.1, 0.15) is 16.9 Å². The molecule has 0 saturated heterocycles. The maximum atomic E-state index is 14.0. The Morgan fingerprint density at radius 2 is 1.79 bits per heavy atom. The third-order valence-corrected chi connectivity index (χ3v) is 6.64. The molecule has 150 valence electrons. The fourth-order valence-corrected chi connectivity index (χ4v) is 4.64. The fourth-order valence-electron chi connectivity index (χ4n) is 2.75. The number of nitrogens with zero attached hydrogens (tertiary/aromatic N) is 1. The number of benzene rings is 2. The van der Waals surface area contributed by atoms with E-state index in [1.165, 1.54) is 24.5 Å². The zero-order valence-corrected chi connectivity index (χ0v) is 16.4. The van der Waals surface area contributed by atoms with E-state index in [0.29, 0.717) is 5.56 Å². The molecule has 29 heavy (non-hydrogen) atoms. The molecule has 0 aliphatic carbocycles. The molecule has 0 aliphatic rings. The summed E-state index contributed by atoms with van der Waals surface area (Å²) in [6, 6.07) is 11.2. The van der Waals surface area contributed by atoms with Crippen molar-refractivity contribution < 1.29 is 22.0 Å². The minimum absolute atomic E-state index is 0.0955. The predicted octanol–water partition coefficient (Wildman–Crippen LogP) is 3.96. The lowest BCUT2D eigenvalue weighted by atomic mass is 10.1. The molecule has 3 aromatic rings. The van der Waals surface area contributed by atoms with E-state index in [2.05, 4.69) is 10.3 Å². The molecule has 1 aromatic heterocycles. The van der Waals surface area contributed by atoms with Crippen molar-refractivity contribution in [3.8, 4) is 0 Å². The van der Waals surface area contributed by atoms with Crippen molar-refractivity contribution in [1.82, 2.24) is 10.3 Å². The van der Waals surface area contributed by atoms with Crippen LogP contribution < -0.4 is 5.32 Å². The molecule has 0 bridgehead atoms. The summed E-state index contributed by atoms with van der Waals surface area (Å²) >= 11 is 5.89. The molecule has 1 N–H and O–H groups in total. The van der Waals surface area contributed by atoms with Gasteiger partial charge in [-0.2, -0.15) is 0 Å². The first kappa shape index (κ1) is 20.9. The van der Waals surface area contributed by atoms with Gasteiger partial charge in [0, 0.05) is 18.9 Å². The minimum atomic E-state index is -4.02. The van der Waals surface area contributed by atoms with Gasteiger partial charge < -0.3 is 5.32 Å². The van der Waals surface area contributed by atoms with Gasteiger partial charge in [0.15, 0.2) is 9.84 Å². The van der Waals surface area contributed by atoms with Gasteiger partial charge in [-0.25, -0.2) is 17.2 Å². The van der Waals surface area contributed by atoms with Crippen LogP contribution in [0.1, 0.15) is 21.2 Å². The molecular weight excluding hydrogens is 422 g/mol. The van der Waals surface area contributed by atoms with Crippen LogP contribution in [-0.2, 0) is 9.84 Å². The largest absolute Gasteiger partial charge is 0.350 e. The van der Waals surface area contributed by atoms with Crippen LogP contribution in [-0.4, -0.2) is 25.9 Å². The summed E-state index contributed by atoms with van der Waals surface area (Å²) < 4.78 is 53.4. The van der Waals surface area contributed by atoms with Crippen LogP contribution in [0.4, 0.5) is 8.78 Å². The van der Waals surface area contributed by atoms with E-state index in [9.17, 15) is 22.0 Å². The number of halogens is 3. The van der Waals surface area contributed by atoms with Gasteiger partial charge in [-0.3, -0.25) is 9.78 Å². The molecule has 1 atom stereocenters. The van der Waals surface area contributed by atoms with Gasteiger partial charge in [-0.15, -0.1) is 0 Å². The molecule has 9 heteroatoms. The molecule has 5 nitrogen and oxygen atoms in total. The number of carbonyl (C=O) groups excluding carboxylic acids is 1. The molecule has 2 aromatic carbocycles. The lowest BCUT2D eigenvalue weighted by molar-refractivity contribution is 0.0950. The van der Waals surface area contributed by atoms with Crippen LogP contribution in [0.2, 0.25) is 5.02 Å². The number of rotatable bonds is 6. The average molecular weight is 437 g/mol. The molecule has 0 saturated carbocycles. The minimum Gasteiger partial charge on any atom is -0.350 e. The number of carbonyl (C=O) groups is 1. The third kappa shape index (κ3) is 4.60. The van der Waals surface area contributed by atoms with Crippen LogP contribution in [0.15, 0.2) is 71.9 Å². The Balaban J connectivity index is 1.93. The second-order valence-electron chi connectivity index (χ2n) is 6.08. The summed E-state index contributed by atoms with van der Waals surface area (Å²) in [6.07, 6.45) is 2.83. The molecular formula is C20H15ClF2N2O3S. The number of nitrogens with one attached hydrogen (secondary N) is 1. The number of hydrogen-bond acceptors (Lipinski definition) is 4. The van der Waals surface area contributed by atoms with Gasteiger partial charge in [-0.05, 0) is 48.0 Å². The lowest BCUT2D eigenvalue weighted by Crippen LogP contribution is -2.32. The second kappa shape index (κ2) is 8.67. The Hall–Kier alpha value is -2.84. The number of pyridine rings is 1. The van der Waals surface area contributed by atoms with Gasteiger partial charge >= 0.3 is 0 Å². The van der Waals surface area contributed by atoms with Gasteiger partial charge in [-0.1, -0.05) is 23.7 Å². The first-order valence-corrected chi connectivity index (χ1v) is 10.3. The number of hydrogen-bond donors (Lipinski definition) is 1. The summed E-state index contributed by atoms with van der Waals surface area (Å²) in [6.45, 7) is -0.366. The third-order valence-electron chi connectivity index (χ3n) is 4.21. The van der Waals surface area contributed by atoms with E-state index in [1.807, 2.05) is 0 Å². The molecule has 0 radical (unpaired) electrons. The highest BCUT2D eigenvalue weighted by molar-refractivity contribution is 7.91. The van der Waals surface area contributed by atoms with Crippen molar-refractivity contribution in [3.05, 3.63) is 94.8 Å². The Morgan fingerprint density at radius 3 is 2.41 bits per heavy atom. The van der Waals surface area contributed by atoms with Crippen LogP contribution in [0.3, 0.4) is 0 Å². The molecule has 1 heterocycles. The summed E-state index contributed by atoms with van der Waals surface area (Å²) in [5, 5.41) is 1.10. The fraction of sp³-hybridized carbons (Fsp3) is 0.100. The topological polar surface area (TPSA) is 76.1 Å². The van der Waals surface area contributed by atoms with E-state index < -0.39 is 32.6 Å². The molecule has 0 spiro atoms. The smallest absolute Gasteiger partial charge is 0.255 e. The monoisotopic (exact) mass is 436 g/mol. The summed E-state index contributed by atoms with van der Waals surface area (Å²) in [4.78, 5) is 16.2. The van der Waals surface area contributed by atoms with Crippen molar-refractivity contribution in [1.29, 1.82) is 0 Å². The molecule has 3 rings (SSSR count). The normalized spacial score (nSPS) is 12.4. The molecule has 0 aliphatic heterocycles. The molecule has 1 unspecified atom stereocenters. The van der Waals surface area contributed by atoms with Crippen LogP contribution in [0, 0.1) is 11.6 Å². The van der Waals surface area contributed by atoms with Crippen molar-refractivity contribution in [2.45, 2.75) is 10.1 Å². The average Bonchev–Trinajstić information content (AvgIpc) is 2.69. The quantitative estimate of drug-likeness (QED) is 0.593. The maximum Gasteiger partial charge on any atom is 0.255 e. The first-order valence-electron chi connectivity index (χ1n) is 8.42. The zero-order valence-electron chi connectivity index (χ0n) is 14.8. The SMILES string of the molecule is O=C(NCC(c1cccnc1)S(=O)(=O)c1ccc(F)cc1)c1c(F)cccc1Cl. The highest BCUT2D eigenvalue weighted by Gasteiger charge is 2.30. The Labute approximate surface area is 171 Å². The van der Waals surface area contributed by atoms with Crippen molar-refractivity contribution in [2.75, 3.05) is 6.54 Å². The van der Waals surface area contributed by atoms with Gasteiger partial charge in [0.05, 0.1) is 15.5 Å². The van der Waals surface area contributed by atoms with E-state index in [1.54, 1.807) is 12.1 Å². The lowest BCUT2D eigenvalue weighted by Gasteiger charge is -2.19. The number of amides is 1. The highest BCUT2D eigenvalue weighted by Crippen LogP contribution is 2.28. The van der Waals surface area contributed by atoms with E-state index in [0.717, 1.165) is 30.3 Å². The van der Waals surface area contributed by atoms with Crippen LogP contribution >= 0.6 is 11.6 Å². The second-order valence-corrected chi connectivity index (χ2v) is 8.62. The number of aromatic nitrogens is 1. The summed E-state index contributed by atoms with van der Waals surface area (Å²) in [5.41, 5.74) is -0.0601. The van der Waals surface area contributed by atoms with E-state index >= 15 is 0 Å². The standard InChI is InChI=1S/C20H15ClF2N2O3S/c21-16-4-1-5-17(23)19(16)20(26)25-12-18(13-3-2-10-24-11-13)29(27,28)15-8-6-14(22)7-9-15/h1-11,18H,12H2,(H,25,26). The summed E-state index contributed by atoms with van der Waals surface area (Å²) in [5.74, 6) is -2.25. The first-order chi connectivity index (χ1) is 13.8. The van der Waals surface area contributed by atoms with E-state index in [-0.39, 0.29) is 22.0 Å². The summed E-state index contributed by atoms with van der Waals surface area (Å²) in [7, 11) is -4.02. The van der Waals surface area contributed by atoms with Crippen molar-refractivity contribution in [2.24, 2.45) is 0 Å². The van der Waals surface area contributed by atoms with Crippen molar-refractivity contribution >= 4 is 27.3 Å². The predicted molar refractivity (Wildman–Crippen MR) is 104 cm³/mol. The van der Waals surface area contributed by atoms with Crippen LogP contribution in [0.5, 0.6) is 0 Å². The van der Waals surface area contributed by atoms with Gasteiger partial charge in [0.2, 0.25) is 0 Å². The molecule has 0 fully saturated rings. The van der Waals surface area contributed by atoms with E-state index in [4.69, 9.17) is 11.6 Å². The Kier molecular flexibility index (Phi) is 6.24. The number of sulfone groups is 1. The van der Waals surface area contributed by atoms with Crippen LogP contribution in [0.25, 0.3) is 0 Å². The molecule has 1 amide bonds. The highest BCUT2D eigenvalue weighted by atomic mass is 35.5.